The Bertz CT molecular complexity index is 828. The number of aliphatic hydroxyl groups excluding tert-OH is 3. The number of nitrogens with zero attached hydrogens (tertiary/aromatic N) is 4. The fourth-order valence-corrected chi connectivity index (χ4v) is 2.85. The van der Waals surface area contributed by atoms with Gasteiger partial charge in [0.2, 0.25) is 5.82 Å². The molecule has 3 rings (SSSR count). The Morgan fingerprint density at radius 2 is 2.12 bits per heavy atom. The maximum atomic E-state index is 10.3. The van der Waals surface area contributed by atoms with Crippen molar-refractivity contribution in [3.63, 3.8) is 0 Å². The quantitative estimate of drug-likeness (QED) is 0.434. The molecule has 0 radical (unpaired) electrons. The van der Waals surface area contributed by atoms with Gasteiger partial charge in [0.25, 0.3) is 0 Å². The molecule has 9 heteroatoms. The maximum absolute atomic E-state index is 10.3. The lowest BCUT2D eigenvalue weighted by Crippen LogP contribution is -2.33. The molecular weight excluding hydrogens is 338 g/mol. The summed E-state index contributed by atoms with van der Waals surface area (Å²) in [6, 6.07) is 0. The smallest absolute Gasteiger partial charge is 0.208 e. The fraction of sp³-hybridized carbons (Fsp3) is 0.588. The van der Waals surface area contributed by atoms with Crippen LogP contribution in [-0.4, -0.2) is 66.8 Å². The van der Waals surface area contributed by atoms with Crippen molar-refractivity contribution >= 4 is 17.0 Å². The van der Waals surface area contributed by atoms with Gasteiger partial charge in [0, 0.05) is 13.5 Å². The molecule has 2 aromatic rings. The van der Waals surface area contributed by atoms with Crippen molar-refractivity contribution in [2.45, 2.75) is 50.7 Å². The molecule has 4 atom stereocenters. The third kappa shape index (κ3) is 3.37. The van der Waals surface area contributed by atoms with Crippen LogP contribution < -0.4 is 5.32 Å². The number of aliphatic hydroxyl groups is 3. The van der Waals surface area contributed by atoms with Crippen molar-refractivity contribution < 1.29 is 20.1 Å². The normalized spacial score (nSPS) is 25.3. The zero-order valence-corrected chi connectivity index (χ0v) is 14.8. The highest BCUT2D eigenvalue weighted by molar-refractivity contribution is 5.83. The summed E-state index contributed by atoms with van der Waals surface area (Å²) in [6.07, 6.45) is 0.121. The third-order valence-corrected chi connectivity index (χ3v) is 4.31. The standard InChI is InChI=1S/C17H23N5O4/c1-3-4-5-6-7-11-20-15(18-2)12-16(21-11)22(9-19-12)17-14(25)13(24)10(8-23)26-17/h9-10,13-14,17,23-25H,3-5,8H2,1-2H3,(H,18,20,21)/t10-,13?,14?,17-/m1/s1. The van der Waals surface area contributed by atoms with Crippen LogP contribution in [-0.2, 0) is 4.74 Å². The van der Waals surface area contributed by atoms with Gasteiger partial charge in [0.05, 0.1) is 12.9 Å². The SMILES string of the molecule is CCCCC#Cc1nc(NC)c2ncn([C@@H]3O[C@H](CO)C(O)C3O)c2n1. The molecule has 4 N–H and O–H groups in total. The van der Waals surface area contributed by atoms with Crippen LogP contribution in [0, 0.1) is 11.8 Å². The second kappa shape index (κ2) is 7.97. The molecule has 0 spiro atoms. The molecule has 140 valence electrons. The molecule has 0 saturated carbocycles. The van der Waals surface area contributed by atoms with E-state index in [0.29, 0.717) is 22.8 Å². The monoisotopic (exact) mass is 361 g/mol. The molecule has 2 unspecified atom stereocenters. The summed E-state index contributed by atoms with van der Waals surface area (Å²) in [4.78, 5) is 13.1. The number of fused-ring (bicyclic) bond motifs is 1. The van der Waals surface area contributed by atoms with Gasteiger partial charge in [0.1, 0.15) is 18.3 Å². The average Bonchev–Trinajstić information content (AvgIpc) is 3.19. The van der Waals surface area contributed by atoms with Crippen molar-refractivity contribution in [3.05, 3.63) is 12.2 Å². The summed E-state index contributed by atoms with van der Waals surface area (Å²) >= 11 is 0. The molecule has 1 saturated heterocycles. The van der Waals surface area contributed by atoms with Crippen molar-refractivity contribution in [1.29, 1.82) is 0 Å². The Morgan fingerprint density at radius 1 is 1.31 bits per heavy atom. The second-order valence-corrected chi connectivity index (χ2v) is 6.10. The Hall–Kier alpha value is -2.25. The molecule has 2 aromatic heterocycles. The largest absolute Gasteiger partial charge is 0.394 e. The minimum Gasteiger partial charge on any atom is -0.394 e. The van der Waals surface area contributed by atoms with Gasteiger partial charge in [-0.2, -0.15) is 0 Å². The highest BCUT2D eigenvalue weighted by atomic mass is 16.6. The van der Waals surface area contributed by atoms with E-state index >= 15 is 0 Å². The number of anilines is 1. The van der Waals surface area contributed by atoms with E-state index in [2.05, 4.69) is 39.0 Å². The Balaban J connectivity index is 2.00. The van der Waals surface area contributed by atoms with Crippen LogP contribution in [0.4, 0.5) is 5.82 Å². The number of hydrogen-bond acceptors (Lipinski definition) is 8. The molecule has 1 aliphatic heterocycles. The Morgan fingerprint density at radius 3 is 2.77 bits per heavy atom. The first-order valence-electron chi connectivity index (χ1n) is 8.64. The minimum atomic E-state index is -1.21. The lowest BCUT2D eigenvalue weighted by Gasteiger charge is -2.16. The first-order valence-corrected chi connectivity index (χ1v) is 8.64. The zero-order valence-electron chi connectivity index (χ0n) is 14.8. The van der Waals surface area contributed by atoms with Gasteiger partial charge in [-0.1, -0.05) is 19.3 Å². The van der Waals surface area contributed by atoms with Crippen LogP contribution in [0.15, 0.2) is 6.33 Å². The van der Waals surface area contributed by atoms with Crippen molar-refractivity contribution in [1.82, 2.24) is 19.5 Å². The number of rotatable bonds is 5. The molecule has 1 aliphatic rings. The molecule has 0 bridgehead atoms. The lowest BCUT2D eigenvalue weighted by atomic mass is 10.1. The number of aromatic nitrogens is 4. The summed E-state index contributed by atoms with van der Waals surface area (Å²) < 4.78 is 7.10. The van der Waals surface area contributed by atoms with E-state index in [4.69, 9.17) is 4.74 Å². The molecule has 9 nitrogen and oxygen atoms in total. The van der Waals surface area contributed by atoms with Crippen molar-refractivity contribution in [3.8, 4) is 11.8 Å². The first-order chi connectivity index (χ1) is 12.6. The number of imidazole rings is 1. The molecule has 0 amide bonds. The van der Waals surface area contributed by atoms with Crippen LogP contribution in [0.5, 0.6) is 0 Å². The lowest BCUT2D eigenvalue weighted by molar-refractivity contribution is -0.0511. The average molecular weight is 361 g/mol. The van der Waals surface area contributed by atoms with E-state index in [1.165, 1.54) is 10.9 Å². The molecule has 3 heterocycles. The van der Waals surface area contributed by atoms with Crippen LogP contribution in [0.1, 0.15) is 38.2 Å². The van der Waals surface area contributed by atoms with Gasteiger partial charge in [-0.05, 0) is 12.3 Å². The molecule has 1 fully saturated rings. The van der Waals surface area contributed by atoms with E-state index in [0.717, 1.165) is 19.3 Å². The molecule has 0 aliphatic carbocycles. The predicted molar refractivity (Wildman–Crippen MR) is 94.3 cm³/mol. The number of unbranched alkanes of at least 4 members (excludes halogenated alkanes) is 2. The van der Waals surface area contributed by atoms with E-state index < -0.39 is 31.1 Å². The van der Waals surface area contributed by atoms with Gasteiger partial charge in [-0.15, -0.1) is 0 Å². The summed E-state index contributed by atoms with van der Waals surface area (Å²) in [7, 11) is 1.72. The predicted octanol–water partition coefficient (Wildman–Crippen LogP) is 0.0212. The Kier molecular flexibility index (Phi) is 5.68. The van der Waals surface area contributed by atoms with Crippen LogP contribution in [0.3, 0.4) is 0 Å². The number of ether oxygens (including phenoxy) is 1. The molecule has 26 heavy (non-hydrogen) atoms. The van der Waals surface area contributed by atoms with E-state index in [9.17, 15) is 15.3 Å². The van der Waals surface area contributed by atoms with E-state index in [-0.39, 0.29) is 0 Å². The zero-order chi connectivity index (χ0) is 18.7. The second-order valence-electron chi connectivity index (χ2n) is 6.10. The summed E-state index contributed by atoms with van der Waals surface area (Å²) in [5.74, 6) is 6.85. The maximum Gasteiger partial charge on any atom is 0.208 e. The van der Waals surface area contributed by atoms with Crippen LogP contribution in [0.25, 0.3) is 11.2 Å². The topological polar surface area (TPSA) is 126 Å². The highest BCUT2D eigenvalue weighted by Crippen LogP contribution is 2.32. The Labute approximate surface area is 151 Å². The molecule has 0 aromatic carbocycles. The molecular formula is C17H23N5O4. The fourth-order valence-electron chi connectivity index (χ4n) is 2.85. The van der Waals surface area contributed by atoms with Gasteiger partial charge >= 0.3 is 0 Å². The number of hydrogen-bond donors (Lipinski definition) is 4. The first kappa shape index (κ1) is 18.5. The van der Waals surface area contributed by atoms with Gasteiger partial charge in [-0.3, -0.25) is 4.57 Å². The van der Waals surface area contributed by atoms with Gasteiger partial charge in [-0.25, -0.2) is 15.0 Å². The van der Waals surface area contributed by atoms with Crippen molar-refractivity contribution in [2.24, 2.45) is 0 Å². The third-order valence-electron chi connectivity index (χ3n) is 4.31. The summed E-state index contributed by atoms with van der Waals surface area (Å²) in [6.45, 7) is 1.70. The number of nitrogens with one attached hydrogen (secondary N) is 1. The van der Waals surface area contributed by atoms with Gasteiger partial charge in [0.15, 0.2) is 23.2 Å². The highest BCUT2D eigenvalue weighted by Gasteiger charge is 2.44. The summed E-state index contributed by atoms with van der Waals surface area (Å²) in [5.41, 5.74) is 0.934. The van der Waals surface area contributed by atoms with E-state index in [1.54, 1.807) is 7.05 Å². The van der Waals surface area contributed by atoms with Crippen molar-refractivity contribution in [2.75, 3.05) is 19.0 Å². The van der Waals surface area contributed by atoms with Crippen LogP contribution >= 0.6 is 0 Å². The minimum absolute atomic E-state index is 0.339. The van der Waals surface area contributed by atoms with Gasteiger partial charge < -0.3 is 25.4 Å². The summed E-state index contributed by atoms with van der Waals surface area (Å²) in [5, 5.41) is 32.5. The van der Waals surface area contributed by atoms with E-state index in [1.807, 2.05) is 0 Å². The van der Waals surface area contributed by atoms with Crippen LogP contribution in [0.2, 0.25) is 0 Å².